The van der Waals surface area contributed by atoms with Crippen LogP contribution in [0.25, 0.3) is 0 Å². The van der Waals surface area contributed by atoms with E-state index in [9.17, 15) is 9.36 Å². The number of allylic oxidation sites excluding steroid dienone is 2. The van der Waals surface area contributed by atoms with Crippen molar-refractivity contribution in [1.82, 2.24) is 0 Å². The van der Waals surface area contributed by atoms with Crippen LogP contribution in [0.15, 0.2) is 41.2 Å². The van der Waals surface area contributed by atoms with E-state index in [4.69, 9.17) is 9.05 Å². The summed E-state index contributed by atoms with van der Waals surface area (Å²) in [5, 5.41) is 0.267. The lowest BCUT2D eigenvalue weighted by Crippen LogP contribution is -2.19. The van der Waals surface area contributed by atoms with Crippen LogP contribution in [0.5, 0.6) is 0 Å². The van der Waals surface area contributed by atoms with Crippen LogP contribution in [0, 0.1) is 0 Å². The SMILES string of the molecule is CCOP(=O)(OCC)C1=C(C)CC(c2ccccc2)CC1=O. The van der Waals surface area contributed by atoms with Crippen molar-refractivity contribution in [2.24, 2.45) is 0 Å². The van der Waals surface area contributed by atoms with Crippen LogP contribution < -0.4 is 0 Å². The van der Waals surface area contributed by atoms with Gasteiger partial charge >= 0.3 is 7.60 Å². The summed E-state index contributed by atoms with van der Waals surface area (Å²) in [5.41, 5.74) is 1.95. The molecule has 4 nitrogen and oxygen atoms in total. The highest BCUT2D eigenvalue weighted by Gasteiger charge is 2.40. The van der Waals surface area contributed by atoms with Gasteiger partial charge in [0.25, 0.3) is 0 Å². The van der Waals surface area contributed by atoms with Gasteiger partial charge in [0.15, 0.2) is 5.78 Å². The minimum Gasteiger partial charge on any atom is -0.305 e. The minimum atomic E-state index is -3.50. The normalized spacial score (nSPS) is 19.6. The van der Waals surface area contributed by atoms with Crippen molar-refractivity contribution < 1.29 is 18.4 Å². The van der Waals surface area contributed by atoms with E-state index in [1.165, 1.54) is 0 Å². The predicted molar refractivity (Wildman–Crippen MR) is 87.0 cm³/mol. The summed E-state index contributed by atoms with van der Waals surface area (Å²) in [6, 6.07) is 9.96. The van der Waals surface area contributed by atoms with Crippen LogP contribution in [0.4, 0.5) is 0 Å². The van der Waals surface area contributed by atoms with Crippen molar-refractivity contribution in [2.45, 2.75) is 39.5 Å². The largest absolute Gasteiger partial charge is 0.364 e. The van der Waals surface area contributed by atoms with Gasteiger partial charge in [-0.25, -0.2) is 0 Å². The van der Waals surface area contributed by atoms with Crippen molar-refractivity contribution in [3.63, 3.8) is 0 Å². The molecule has 22 heavy (non-hydrogen) atoms. The Bertz CT molecular complexity index is 596. The number of hydrogen-bond donors (Lipinski definition) is 0. The Hall–Kier alpha value is -1.22. The molecule has 0 saturated carbocycles. The second-order valence-corrected chi connectivity index (χ2v) is 7.36. The van der Waals surface area contributed by atoms with E-state index in [1.807, 2.05) is 37.3 Å². The molecular weight excluding hydrogens is 299 g/mol. The molecule has 0 aromatic heterocycles. The van der Waals surface area contributed by atoms with E-state index >= 15 is 0 Å². The zero-order valence-electron chi connectivity index (χ0n) is 13.4. The average molecular weight is 322 g/mol. The van der Waals surface area contributed by atoms with Gasteiger partial charge in [0.2, 0.25) is 0 Å². The van der Waals surface area contributed by atoms with Crippen LogP contribution in [0.2, 0.25) is 0 Å². The zero-order valence-corrected chi connectivity index (χ0v) is 14.3. The molecule has 0 bridgehead atoms. The van der Waals surface area contributed by atoms with Gasteiger partial charge in [-0.1, -0.05) is 35.9 Å². The average Bonchev–Trinajstić information content (AvgIpc) is 2.47. The van der Waals surface area contributed by atoms with Crippen LogP contribution >= 0.6 is 7.60 Å². The smallest absolute Gasteiger partial charge is 0.305 e. The first-order chi connectivity index (χ1) is 10.5. The molecule has 1 unspecified atom stereocenters. The molecule has 0 heterocycles. The van der Waals surface area contributed by atoms with Gasteiger partial charge < -0.3 is 9.05 Å². The van der Waals surface area contributed by atoms with Gasteiger partial charge in [0.1, 0.15) is 5.31 Å². The lowest BCUT2D eigenvalue weighted by molar-refractivity contribution is -0.115. The predicted octanol–water partition coefficient (Wildman–Crippen LogP) is 4.67. The molecule has 0 radical (unpaired) electrons. The maximum Gasteiger partial charge on any atom is 0.364 e. The molecule has 2 rings (SSSR count). The molecule has 120 valence electrons. The highest BCUT2D eigenvalue weighted by atomic mass is 31.2. The third kappa shape index (κ3) is 3.57. The molecule has 1 aromatic carbocycles. The van der Waals surface area contributed by atoms with Gasteiger partial charge in [-0.05, 0) is 38.7 Å². The molecule has 5 heteroatoms. The van der Waals surface area contributed by atoms with Crippen LogP contribution in [-0.2, 0) is 18.4 Å². The summed E-state index contributed by atoms with van der Waals surface area (Å²) < 4.78 is 23.6. The van der Waals surface area contributed by atoms with Crippen molar-refractivity contribution in [2.75, 3.05) is 13.2 Å². The molecule has 0 spiro atoms. The molecule has 0 amide bonds. The fraction of sp³-hybridized carbons (Fsp3) is 0.471. The first-order valence-corrected chi connectivity index (χ1v) is 9.23. The van der Waals surface area contributed by atoms with Crippen molar-refractivity contribution in [3.8, 4) is 0 Å². The summed E-state index contributed by atoms with van der Waals surface area (Å²) >= 11 is 0. The van der Waals surface area contributed by atoms with E-state index in [-0.39, 0.29) is 30.2 Å². The first-order valence-electron chi connectivity index (χ1n) is 7.69. The lowest BCUT2D eigenvalue weighted by Gasteiger charge is -2.28. The number of rotatable bonds is 6. The molecule has 1 atom stereocenters. The van der Waals surface area contributed by atoms with Crippen LogP contribution in [-0.4, -0.2) is 19.0 Å². The molecule has 0 N–H and O–H groups in total. The lowest BCUT2D eigenvalue weighted by atomic mass is 9.83. The number of carbonyl (C=O) groups excluding carboxylic acids is 1. The molecule has 1 aliphatic rings. The Labute approximate surface area is 132 Å². The molecule has 1 aliphatic carbocycles. The van der Waals surface area contributed by atoms with Crippen molar-refractivity contribution in [3.05, 3.63) is 46.8 Å². The highest BCUT2D eigenvalue weighted by Crippen LogP contribution is 2.60. The Morgan fingerprint density at radius 2 is 1.68 bits per heavy atom. The van der Waals surface area contributed by atoms with Crippen LogP contribution in [0.1, 0.15) is 45.1 Å². The fourth-order valence-corrected chi connectivity index (χ4v) is 4.92. The second kappa shape index (κ2) is 7.36. The molecule has 0 saturated heterocycles. The first kappa shape index (κ1) is 17.1. The summed E-state index contributed by atoms with van der Waals surface area (Å²) in [5.74, 6) is 0.0111. The summed E-state index contributed by atoms with van der Waals surface area (Å²) in [6.07, 6.45) is 1.05. The zero-order chi connectivity index (χ0) is 16.2. The van der Waals surface area contributed by atoms with Crippen molar-refractivity contribution >= 4 is 13.4 Å². The topological polar surface area (TPSA) is 52.6 Å². The van der Waals surface area contributed by atoms with Gasteiger partial charge in [-0.3, -0.25) is 9.36 Å². The Morgan fingerprint density at radius 3 is 2.18 bits per heavy atom. The maximum atomic E-state index is 12.9. The summed E-state index contributed by atoms with van der Waals surface area (Å²) in [6.45, 7) is 5.86. The second-order valence-electron chi connectivity index (χ2n) is 5.40. The molecular formula is C17H23O4P. The van der Waals surface area contributed by atoms with Gasteiger partial charge in [-0.15, -0.1) is 0 Å². The minimum absolute atomic E-state index is 0.122. The Morgan fingerprint density at radius 1 is 1.09 bits per heavy atom. The fourth-order valence-electron chi connectivity index (χ4n) is 2.95. The quantitative estimate of drug-likeness (QED) is 0.714. The number of ketones is 1. The van der Waals surface area contributed by atoms with E-state index in [0.717, 1.165) is 11.1 Å². The van der Waals surface area contributed by atoms with Gasteiger partial charge in [-0.2, -0.15) is 0 Å². The van der Waals surface area contributed by atoms with Crippen molar-refractivity contribution in [1.29, 1.82) is 0 Å². The van der Waals surface area contributed by atoms with Gasteiger partial charge in [0.05, 0.1) is 13.2 Å². The number of benzene rings is 1. The number of hydrogen-bond acceptors (Lipinski definition) is 4. The maximum absolute atomic E-state index is 12.9. The van der Waals surface area contributed by atoms with E-state index in [2.05, 4.69) is 0 Å². The third-order valence-corrected chi connectivity index (χ3v) is 6.17. The van der Waals surface area contributed by atoms with E-state index < -0.39 is 7.60 Å². The Kier molecular flexibility index (Phi) is 5.74. The van der Waals surface area contributed by atoms with E-state index in [1.54, 1.807) is 13.8 Å². The highest BCUT2D eigenvalue weighted by molar-refractivity contribution is 7.60. The van der Waals surface area contributed by atoms with Gasteiger partial charge in [0, 0.05) is 6.42 Å². The molecule has 0 aliphatic heterocycles. The Balaban J connectivity index is 2.33. The van der Waals surface area contributed by atoms with E-state index in [0.29, 0.717) is 12.8 Å². The monoisotopic (exact) mass is 322 g/mol. The summed E-state index contributed by atoms with van der Waals surface area (Å²) in [7, 11) is -3.50. The van der Waals surface area contributed by atoms with Crippen LogP contribution in [0.3, 0.4) is 0 Å². The standard InChI is InChI=1S/C17H23O4P/c1-4-20-22(19,21-5-2)17-13(3)11-15(12-16(17)18)14-9-7-6-8-10-14/h6-10,15H,4-5,11-12H2,1-3H3. The molecule has 0 fully saturated rings. The summed E-state index contributed by atoms with van der Waals surface area (Å²) in [4.78, 5) is 12.6. The number of carbonyl (C=O) groups is 1. The number of Topliss-reactive ketones (excluding diaryl/α,β-unsaturated/α-hetero) is 1. The third-order valence-electron chi connectivity index (χ3n) is 3.80. The molecule has 1 aromatic rings.